The van der Waals surface area contributed by atoms with Crippen molar-refractivity contribution in [3.05, 3.63) is 41.5 Å². The maximum Gasteiger partial charge on any atom is 0.000152 e. The Morgan fingerprint density at radius 1 is 1.18 bits per heavy atom. The Hall–Kier alpha value is -1.04. The minimum Gasteiger partial charge on any atom is -0.0737 e. The van der Waals surface area contributed by atoms with Gasteiger partial charge in [0.05, 0.1) is 0 Å². The van der Waals surface area contributed by atoms with Crippen LogP contribution in [0.15, 0.2) is 30.3 Å². The topological polar surface area (TPSA) is 0 Å². The molecule has 0 unspecified atom stereocenters. The predicted octanol–water partition coefficient (Wildman–Crippen LogP) is 3.21. The van der Waals surface area contributed by atoms with E-state index < -0.39 is 0 Å². The van der Waals surface area contributed by atoms with Gasteiger partial charge in [0.15, 0.2) is 0 Å². The SMILES string of the molecule is CC1=C[C@H](C)c2ccccc21. The smallest absolute Gasteiger partial charge is 0.000152 e. The van der Waals surface area contributed by atoms with Crippen molar-refractivity contribution in [3.63, 3.8) is 0 Å². The quantitative estimate of drug-likeness (QED) is 0.524. The molecular formula is C11H12. The Balaban J connectivity index is 2.62. The van der Waals surface area contributed by atoms with Gasteiger partial charge < -0.3 is 0 Å². The molecule has 1 atom stereocenters. The zero-order valence-electron chi connectivity index (χ0n) is 6.96. The second kappa shape index (κ2) is 2.23. The van der Waals surface area contributed by atoms with Crippen molar-refractivity contribution < 1.29 is 0 Å². The molecule has 11 heavy (non-hydrogen) atoms. The molecule has 0 spiro atoms. The lowest BCUT2D eigenvalue weighted by atomic mass is 10.0. The normalized spacial score (nSPS) is 21.3. The summed E-state index contributed by atoms with van der Waals surface area (Å²) in [6.45, 7) is 4.43. The monoisotopic (exact) mass is 144 g/mol. The van der Waals surface area contributed by atoms with E-state index in [1.54, 1.807) is 0 Å². The Labute approximate surface area is 67.6 Å². The predicted molar refractivity (Wildman–Crippen MR) is 48.5 cm³/mol. The second-order valence-corrected chi connectivity index (χ2v) is 3.23. The molecule has 0 saturated heterocycles. The molecular weight excluding hydrogens is 132 g/mol. The van der Waals surface area contributed by atoms with E-state index in [1.165, 1.54) is 16.7 Å². The number of hydrogen-bond donors (Lipinski definition) is 0. The van der Waals surface area contributed by atoms with Gasteiger partial charge in [-0.15, -0.1) is 0 Å². The number of fused-ring (bicyclic) bond motifs is 1. The third-order valence-corrected chi connectivity index (χ3v) is 2.38. The highest BCUT2D eigenvalue weighted by Crippen LogP contribution is 2.34. The molecule has 0 heteroatoms. The van der Waals surface area contributed by atoms with E-state index in [0.717, 1.165) is 0 Å². The molecule has 0 amide bonds. The average Bonchev–Trinajstić information content (AvgIpc) is 2.30. The van der Waals surface area contributed by atoms with Gasteiger partial charge in [-0.2, -0.15) is 0 Å². The molecule has 0 N–H and O–H groups in total. The Morgan fingerprint density at radius 3 is 2.64 bits per heavy atom. The molecule has 56 valence electrons. The third-order valence-electron chi connectivity index (χ3n) is 2.38. The van der Waals surface area contributed by atoms with Crippen LogP contribution in [0.2, 0.25) is 0 Å². The van der Waals surface area contributed by atoms with Crippen molar-refractivity contribution in [1.29, 1.82) is 0 Å². The second-order valence-electron chi connectivity index (χ2n) is 3.23. The fourth-order valence-corrected chi connectivity index (χ4v) is 1.81. The van der Waals surface area contributed by atoms with E-state index in [2.05, 4.69) is 44.2 Å². The standard InChI is InChI=1S/C11H12/c1-8-7-9(2)11-6-4-3-5-10(8)11/h3-8H,1-2H3/t8-/m0/s1. The molecule has 0 aliphatic heterocycles. The van der Waals surface area contributed by atoms with Crippen LogP contribution >= 0.6 is 0 Å². The first kappa shape index (κ1) is 6.66. The van der Waals surface area contributed by atoms with E-state index >= 15 is 0 Å². The third kappa shape index (κ3) is 0.900. The van der Waals surface area contributed by atoms with E-state index in [9.17, 15) is 0 Å². The van der Waals surface area contributed by atoms with Crippen molar-refractivity contribution in [1.82, 2.24) is 0 Å². The van der Waals surface area contributed by atoms with Gasteiger partial charge in [0.1, 0.15) is 0 Å². The maximum absolute atomic E-state index is 2.32. The summed E-state index contributed by atoms with van der Waals surface area (Å²) in [6, 6.07) is 8.63. The molecule has 0 aromatic heterocycles. The largest absolute Gasteiger partial charge is 0.0737 e. The fourth-order valence-electron chi connectivity index (χ4n) is 1.81. The zero-order valence-corrected chi connectivity index (χ0v) is 6.96. The van der Waals surface area contributed by atoms with Crippen LogP contribution in [0.5, 0.6) is 0 Å². The van der Waals surface area contributed by atoms with E-state index in [4.69, 9.17) is 0 Å². The van der Waals surface area contributed by atoms with Gasteiger partial charge in [0.25, 0.3) is 0 Å². The number of benzene rings is 1. The van der Waals surface area contributed by atoms with Gasteiger partial charge in [-0.3, -0.25) is 0 Å². The van der Waals surface area contributed by atoms with Crippen LogP contribution in [-0.2, 0) is 0 Å². The molecule has 0 fully saturated rings. The summed E-state index contributed by atoms with van der Waals surface area (Å²) in [5.41, 5.74) is 4.33. The Kier molecular flexibility index (Phi) is 1.35. The Bertz CT molecular complexity index is 308. The van der Waals surface area contributed by atoms with Gasteiger partial charge in [-0.25, -0.2) is 0 Å². The van der Waals surface area contributed by atoms with Crippen molar-refractivity contribution in [2.24, 2.45) is 0 Å². The van der Waals surface area contributed by atoms with Crippen LogP contribution in [0.4, 0.5) is 0 Å². The minimum absolute atomic E-state index is 0.617. The summed E-state index contributed by atoms with van der Waals surface area (Å²) in [7, 11) is 0. The summed E-state index contributed by atoms with van der Waals surface area (Å²) < 4.78 is 0. The first-order valence-electron chi connectivity index (χ1n) is 4.07. The molecule has 1 aromatic carbocycles. The van der Waals surface area contributed by atoms with Crippen molar-refractivity contribution in [2.75, 3.05) is 0 Å². The zero-order chi connectivity index (χ0) is 7.84. The van der Waals surface area contributed by atoms with E-state index in [-0.39, 0.29) is 0 Å². The van der Waals surface area contributed by atoms with Crippen LogP contribution < -0.4 is 0 Å². The van der Waals surface area contributed by atoms with E-state index in [1.807, 2.05) is 0 Å². The van der Waals surface area contributed by atoms with Gasteiger partial charge in [0.2, 0.25) is 0 Å². The number of allylic oxidation sites excluding steroid dienone is 2. The number of rotatable bonds is 0. The van der Waals surface area contributed by atoms with Gasteiger partial charge in [-0.05, 0) is 23.6 Å². The molecule has 0 heterocycles. The molecule has 1 aromatic rings. The van der Waals surface area contributed by atoms with Gasteiger partial charge >= 0.3 is 0 Å². The van der Waals surface area contributed by atoms with Crippen LogP contribution in [0.3, 0.4) is 0 Å². The highest BCUT2D eigenvalue weighted by molar-refractivity contribution is 5.72. The van der Waals surface area contributed by atoms with Crippen molar-refractivity contribution >= 4 is 5.57 Å². The molecule has 2 rings (SSSR count). The summed E-state index contributed by atoms with van der Waals surface area (Å²) in [4.78, 5) is 0. The fraction of sp³-hybridized carbons (Fsp3) is 0.273. The highest BCUT2D eigenvalue weighted by atomic mass is 14.2. The first-order valence-corrected chi connectivity index (χ1v) is 4.07. The van der Waals surface area contributed by atoms with E-state index in [0.29, 0.717) is 5.92 Å². The lowest BCUT2D eigenvalue weighted by Gasteiger charge is -2.02. The summed E-state index contributed by atoms with van der Waals surface area (Å²) in [6.07, 6.45) is 2.32. The molecule has 0 radical (unpaired) electrons. The molecule has 1 aliphatic carbocycles. The Morgan fingerprint density at radius 2 is 1.91 bits per heavy atom. The molecule has 0 nitrogen and oxygen atoms in total. The molecule has 0 saturated carbocycles. The van der Waals surface area contributed by atoms with Crippen molar-refractivity contribution in [2.45, 2.75) is 19.8 Å². The lowest BCUT2D eigenvalue weighted by Crippen LogP contribution is -1.85. The average molecular weight is 144 g/mol. The van der Waals surface area contributed by atoms with Crippen molar-refractivity contribution in [3.8, 4) is 0 Å². The van der Waals surface area contributed by atoms with Crippen LogP contribution in [0.25, 0.3) is 5.57 Å². The van der Waals surface area contributed by atoms with Gasteiger partial charge in [-0.1, -0.05) is 37.3 Å². The highest BCUT2D eigenvalue weighted by Gasteiger charge is 2.15. The number of hydrogen-bond acceptors (Lipinski definition) is 0. The lowest BCUT2D eigenvalue weighted by molar-refractivity contribution is 0.990. The summed E-state index contributed by atoms with van der Waals surface area (Å²) in [5.74, 6) is 0.617. The molecule has 0 bridgehead atoms. The molecule has 1 aliphatic rings. The summed E-state index contributed by atoms with van der Waals surface area (Å²) >= 11 is 0. The van der Waals surface area contributed by atoms with Crippen LogP contribution in [0, 0.1) is 0 Å². The summed E-state index contributed by atoms with van der Waals surface area (Å²) in [5, 5.41) is 0. The first-order chi connectivity index (χ1) is 5.29. The van der Waals surface area contributed by atoms with Crippen LogP contribution in [0.1, 0.15) is 30.9 Å². The maximum atomic E-state index is 2.32. The van der Waals surface area contributed by atoms with Gasteiger partial charge in [0, 0.05) is 5.92 Å². The van der Waals surface area contributed by atoms with Crippen LogP contribution in [-0.4, -0.2) is 0 Å². The minimum atomic E-state index is 0.617.